The quantitative estimate of drug-likeness (QED) is 0.857. The lowest BCUT2D eigenvalue weighted by atomic mass is 10.1. The van der Waals surface area contributed by atoms with Gasteiger partial charge < -0.3 is 5.32 Å². The van der Waals surface area contributed by atoms with Crippen molar-refractivity contribution in [3.63, 3.8) is 0 Å². The molecule has 1 heterocycles. The summed E-state index contributed by atoms with van der Waals surface area (Å²) in [6.07, 6.45) is 0. The number of carbonyl (C=O) groups excluding carboxylic acids is 1. The maximum atomic E-state index is 12.3. The highest BCUT2D eigenvalue weighted by Crippen LogP contribution is 2.15. The molecule has 7 nitrogen and oxygen atoms in total. The third-order valence-electron chi connectivity index (χ3n) is 3.54. The Hall–Kier alpha value is -2.22. The van der Waals surface area contributed by atoms with Crippen LogP contribution in [0, 0.1) is 20.8 Å². The molecule has 24 heavy (non-hydrogen) atoms. The Morgan fingerprint density at radius 3 is 2.38 bits per heavy atom. The number of nitrogens with zero attached hydrogens (tertiary/aromatic N) is 3. The summed E-state index contributed by atoms with van der Waals surface area (Å²) in [5.41, 5.74) is 3.69. The number of anilines is 1. The van der Waals surface area contributed by atoms with Gasteiger partial charge >= 0.3 is 0 Å². The number of aromatic nitrogens is 3. The van der Waals surface area contributed by atoms with Gasteiger partial charge in [0.2, 0.25) is 5.91 Å². The molecule has 0 radical (unpaired) electrons. The van der Waals surface area contributed by atoms with Crippen LogP contribution in [0.1, 0.15) is 29.4 Å². The zero-order valence-corrected chi connectivity index (χ0v) is 15.1. The van der Waals surface area contributed by atoms with E-state index in [0.717, 1.165) is 11.1 Å². The molecular formula is C16H22N4O3S. The van der Waals surface area contributed by atoms with Crippen LogP contribution in [0.4, 0.5) is 5.69 Å². The standard InChI is InChI=1S/C16H22N4O3S/c1-5-20-15(13(4)18-19-20)9-24(22,23)10-16(21)17-14-7-11(2)6-12(3)8-14/h6-8H,5,9-10H2,1-4H3,(H,17,21). The largest absolute Gasteiger partial charge is 0.325 e. The van der Waals surface area contributed by atoms with E-state index in [4.69, 9.17) is 0 Å². The lowest BCUT2D eigenvalue weighted by Crippen LogP contribution is -2.25. The molecule has 0 saturated heterocycles. The van der Waals surface area contributed by atoms with E-state index in [1.807, 2.05) is 26.8 Å². The van der Waals surface area contributed by atoms with Crippen LogP contribution in [0.15, 0.2) is 18.2 Å². The molecule has 1 aromatic carbocycles. The fourth-order valence-electron chi connectivity index (χ4n) is 2.56. The van der Waals surface area contributed by atoms with Crippen molar-refractivity contribution in [2.24, 2.45) is 0 Å². The van der Waals surface area contributed by atoms with E-state index < -0.39 is 21.5 Å². The molecule has 130 valence electrons. The van der Waals surface area contributed by atoms with Gasteiger partial charge in [0.1, 0.15) is 5.75 Å². The highest BCUT2D eigenvalue weighted by Gasteiger charge is 2.22. The van der Waals surface area contributed by atoms with Crippen LogP contribution in [0.2, 0.25) is 0 Å². The first-order valence-electron chi connectivity index (χ1n) is 7.67. The molecule has 2 aromatic rings. The van der Waals surface area contributed by atoms with Crippen molar-refractivity contribution in [3.05, 3.63) is 40.7 Å². The fraction of sp³-hybridized carbons (Fsp3) is 0.438. The van der Waals surface area contributed by atoms with Gasteiger partial charge in [-0.25, -0.2) is 13.1 Å². The number of carbonyl (C=O) groups is 1. The summed E-state index contributed by atoms with van der Waals surface area (Å²) in [6.45, 7) is 7.93. The van der Waals surface area contributed by atoms with Crippen molar-refractivity contribution < 1.29 is 13.2 Å². The molecule has 0 atom stereocenters. The SMILES string of the molecule is CCn1nnc(C)c1CS(=O)(=O)CC(=O)Nc1cc(C)cc(C)c1. The number of amides is 1. The second-order valence-electron chi connectivity index (χ2n) is 5.89. The van der Waals surface area contributed by atoms with Gasteiger partial charge in [0.15, 0.2) is 9.84 Å². The summed E-state index contributed by atoms with van der Waals surface area (Å²) in [6, 6.07) is 5.59. The number of rotatable bonds is 6. The third-order valence-corrected chi connectivity index (χ3v) is 4.96. The van der Waals surface area contributed by atoms with Gasteiger partial charge in [0.25, 0.3) is 0 Å². The summed E-state index contributed by atoms with van der Waals surface area (Å²) in [5, 5.41) is 10.4. The van der Waals surface area contributed by atoms with Crippen molar-refractivity contribution in [2.45, 2.75) is 40.0 Å². The van der Waals surface area contributed by atoms with Crippen LogP contribution in [0.5, 0.6) is 0 Å². The Balaban J connectivity index is 2.08. The average Bonchev–Trinajstić information content (AvgIpc) is 2.76. The number of benzene rings is 1. The molecule has 0 aliphatic heterocycles. The minimum atomic E-state index is -3.61. The van der Waals surface area contributed by atoms with Crippen molar-refractivity contribution in [1.82, 2.24) is 15.0 Å². The van der Waals surface area contributed by atoms with E-state index in [9.17, 15) is 13.2 Å². The Morgan fingerprint density at radius 1 is 1.17 bits per heavy atom. The van der Waals surface area contributed by atoms with E-state index in [1.54, 1.807) is 19.1 Å². The molecule has 0 saturated carbocycles. The van der Waals surface area contributed by atoms with Gasteiger partial charge in [-0.2, -0.15) is 0 Å². The summed E-state index contributed by atoms with van der Waals surface area (Å²) in [4.78, 5) is 12.1. The second kappa shape index (κ2) is 7.12. The first-order valence-corrected chi connectivity index (χ1v) is 9.50. The van der Waals surface area contributed by atoms with Crippen LogP contribution in [-0.2, 0) is 26.9 Å². The molecular weight excluding hydrogens is 328 g/mol. The molecule has 0 aliphatic rings. The smallest absolute Gasteiger partial charge is 0.239 e. The lowest BCUT2D eigenvalue weighted by Gasteiger charge is -2.09. The predicted molar refractivity (Wildman–Crippen MR) is 92.5 cm³/mol. The molecule has 1 aromatic heterocycles. The van der Waals surface area contributed by atoms with Crippen molar-refractivity contribution in [1.29, 1.82) is 0 Å². The second-order valence-corrected chi connectivity index (χ2v) is 7.96. The highest BCUT2D eigenvalue weighted by molar-refractivity contribution is 7.91. The molecule has 1 amide bonds. The van der Waals surface area contributed by atoms with Gasteiger partial charge in [-0.1, -0.05) is 11.3 Å². The lowest BCUT2D eigenvalue weighted by molar-refractivity contribution is -0.113. The molecule has 0 unspecified atom stereocenters. The van der Waals surface area contributed by atoms with E-state index in [0.29, 0.717) is 23.6 Å². The third kappa shape index (κ3) is 4.64. The van der Waals surface area contributed by atoms with Crippen LogP contribution >= 0.6 is 0 Å². The van der Waals surface area contributed by atoms with E-state index in [-0.39, 0.29) is 5.75 Å². The normalized spacial score (nSPS) is 11.5. The predicted octanol–water partition coefficient (Wildman–Crippen LogP) is 1.78. The van der Waals surface area contributed by atoms with Crippen LogP contribution in [0.25, 0.3) is 0 Å². The van der Waals surface area contributed by atoms with Gasteiger partial charge in [-0.15, -0.1) is 5.10 Å². The Morgan fingerprint density at radius 2 is 1.79 bits per heavy atom. The Kier molecular flexibility index (Phi) is 5.38. The van der Waals surface area contributed by atoms with Crippen molar-refractivity contribution >= 4 is 21.4 Å². The molecule has 1 N–H and O–H groups in total. The number of nitrogens with one attached hydrogen (secondary N) is 1. The fourth-order valence-corrected chi connectivity index (χ4v) is 3.90. The van der Waals surface area contributed by atoms with E-state index in [2.05, 4.69) is 15.6 Å². The first-order chi connectivity index (χ1) is 11.2. The number of aryl methyl sites for hydroxylation is 4. The minimum absolute atomic E-state index is 0.250. The van der Waals surface area contributed by atoms with E-state index in [1.165, 1.54) is 4.68 Å². The minimum Gasteiger partial charge on any atom is -0.325 e. The molecule has 0 bridgehead atoms. The van der Waals surface area contributed by atoms with Gasteiger partial charge in [0, 0.05) is 12.2 Å². The number of hydrogen-bond acceptors (Lipinski definition) is 5. The monoisotopic (exact) mass is 350 g/mol. The van der Waals surface area contributed by atoms with E-state index >= 15 is 0 Å². The molecule has 0 spiro atoms. The van der Waals surface area contributed by atoms with Crippen LogP contribution in [-0.4, -0.2) is 35.1 Å². The van der Waals surface area contributed by atoms with Gasteiger partial charge in [-0.05, 0) is 51.0 Å². The van der Waals surface area contributed by atoms with Gasteiger partial charge in [-0.3, -0.25) is 4.79 Å². The summed E-state index contributed by atoms with van der Waals surface area (Å²) < 4.78 is 26.2. The number of sulfone groups is 1. The Bertz CT molecular complexity index is 836. The molecule has 8 heteroatoms. The zero-order chi connectivity index (χ0) is 17.9. The van der Waals surface area contributed by atoms with Crippen molar-refractivity contribution in [2.75, 3.05) is 11.1 Å². The van der Waals surface area contributed by atoms with Crippen molar-refractivity contribution in [3.8, 4) is 0 Å². The van der Waals surface area contributed by atoms with Crippen LogP contribution in [0.3, 0.4) is 0 Å². The topological polar surface area (TPSA) is 93.9 Å². The zero-order valence-electron chi connectivity index (χ0n) is 14.3. The maximum absolute atomic E-state index is 12.3. The number of hydrogen-bond donors (Lipinski definition) is 1. The Labute approximate surface area is 142 Å². The van der Waals surface area contributed by atoms with Gasteiger partial charge in [0.05, 0.1) is 17.1 Å². The molecule has 0 aliphatic carbocycles. The highest BCUT2D eigenvalue weighted by atomic mass is 32.2. The molecule has 2 rings (SSSR count). The summed E-state index contributed by atoms with van der Waals surface area (Å²) in [7, 11) is -3.61. The molecule has 0 fully saturated rings. The summed E-state index contributed by atoms with van der Waals surface area (Å²) >= 11 is 0. The first kappa shape index (κ1) is 18.1. The maximum Gasteiger partial charge on any atom is 0.239 e. The summed E-state index contributed by atoms with van der Waals surface area (Å²) in [5.74, 6) is -1.37. The van der Waals surface area contributed by atoms with Crippen LogP contribution < -0.4 is 5.32 Å². The average molecular weight is 350 g/mol.